The second-order valence-corrected chi connectivity index (χ2v) is 5.90. The monoisotopic (exact) mass is 443 g/mol. The van der Waals surface area contributed by atoms with Crippen molar-refractivity contribution in [2.75, 3.05) is 12.5 Å². The van der Waals surface area contributed by atoms with Gasteiger partial charge >= 0.3 is 0 Å². The number of nitrogens with zero attached hydrogens (tertiary/aromatic N) is 2. The summed E-state index contributed by atoms with van der Waals surface area (Å²) in [6.07, 6.45) is 1.53. The third-order valence-corrected chi connectivity index (χ3v) is 5.03. The quantitative estimate of drug-likeness (QED) is 0.407. The van der Waals surface area contributed by atoms with Crippen LogP contribution in [0.3, 0.4) is 0 Å². The SMILES string of the molecule is COc1cc(/C=N\Nc2ccc([N+](=O)[O-])cc2)c(Br)c(Br)c1O. The van der Waals surface area contributed by atoms with Crippen LogP contribution >= 0.6 is 31.9 Å². The van der Waals surface area contributed by atoms with E-state index in [0.717, 1.165) is 0 Å². The number of non-ortho nitro benzene ring substituents is 1. The molecule has 0 aliphatic carbocycles. The van der Waals surface area contributed by atoms with Crippen LogP contribution in [0, 0.1) is 10.1 Å². The van der Waals surface area contributed by atoms with Gasteiger partial charge in [-0.2, -0.15) is 5.10 Å². The summed E-state index contributed by atoms with van der Waals surface area (Å²) in [5.74, 6) is 0.289. The van der Waals surface area contributed by atoms with E-state index >= 15 is 0 Å². The molecule has 7 nitrogen and oxygen atoms in total. The molecule has 120 valence electrons. The fraction of sp³-hybridized carbons (Fsp3) is 0.0714. The van der Waals surface area contributed by atoms with E-state index in [-0.39, 0.29) is 11.4 Å². The number of phenols is 1. The molecule has 0 amide bonds. The number of nitro groups is 1. The van der Waals surface area contributed by atoms with Gasteiger partial charge < -0.3 is 9.84 Å². The van der Waals surface area contributed by atoms with Crippen LogP contribution in [0.1, 0.15) is 5.56 Å². The smallest absolute Gasteiger partial charge is 0.269 e. The number of methoxy groups -OCH3 is 1. The molecule has 0 heterocycles. The summed E-state index contributed by atoms with van der Waals surface area (Å²) >= 11 is 6.61. The molecule has 0 fully saturated rings. The van der Waals surface area contributed by atoms with Crippen LogP contribution in [0.4, 0.5) is 11.4 Å². The van der Waals surface area contributed by atoms with Crippen molar-refractivity contribution in [3.05, 3.63) is 55.0 Å². The molecule has 2 rings (SSSR count). The molecule has 0 aliphatic heterocycles. The molecule has 0 spiro atoms. The summed E-state index contributed by atoms with van der Waals surface area (Å²) < 4.78 is 6.14. The van der Waals surface area contributed by atoms with Gasteiger partial charge in [-0.1, -0.05) is 0 Å². The number of halogens is 2. The van der Waals surface area contributed by atoms with Crippen LogP contribution < -0.4 is 10.2 Å². The van der Waals surface area contributed by atoms with Crippen LogP contribution in [0.25, 0.3) is 0 Å². The molecule has 0 aromatic heterocycles. The van der Waals surface area contributed by atoms with Gasteiger partial charge in [-0.3, -0.25) is 15.5 Å². The van der Waals surface area contributed by atoms with Gasteiger partial charge in [0.25, 0.3) is 5.69 Å². The largest absolute Gasteiger partial charge is 0.503 e. The molecular formula is C14H11Br2N3O4. The number of hydrogen-bond acceptors (Lipinski definition) is 6. The number of ether oxygens (including phenoxy) is 1. The Morgan fingerprint density at radius 1 is 1.30 bits per heavy atom. The van der Waals surface area contributed by atoms with Crippen molar-refractivity contribution in [3.8, 4) is 11.5 Å². The number of anilines is 1. The van der Waals surface area contributed by atoms with Crippen molar-refractivity contribution in [1.82, 2.24) is 0 Å². The lowest BCUT2D eigenvalue weighted by Crippen LogP contribution is -1.94. The van der Waals surface area contributed by atoms with E-state index in [4.69, 9.17) is 4.74 Å². The molecule has 9 heteroatoms. The minimum Gasteiger partial charge on any atom is -0.503 e. The van der Waals surface area contributed by atoms with Crippen molar-refractivity contribution < 1.29 is 14.8 Å². The van der Waals surface area contributed by atoms with Crippen molar-refractivity contribution in [3.63, 3.8) is 0 Å². The zero-order valence-corrected chi connectivity index (χ0v) is 15.0. The molecule has 2 aromatic carbocycles. The van der Waals surface area contributed by atoms with E-state index in [1.807, 2.05) is 0 Å². The fourth-order valence-electron chi connectivity index (χ4n) is 1.70. The average Bonchev–Trinajstić information content (AvgIpc) is 2.55. The highest BCUT2D eigenvalue weighted by molar-refractivity contribution is 9.13. The highest BCUT2D eigenvalue weighted by atomic mass is 79.9. The maximum Gasteiger partial charge on any atom is 0.269 e. The molecule has 23 heavy (non-hydrogen) atoms. The summed E-state index contributed by atoms with van der Waals surface area (Å²) in [4.78, 5) is 10.1. The number of nitrogens with one attached hydrogen (secondary N) is 1. The Hall–Kier alpha value is -2.13. The molecule has 0 saturated carbocycles. The molecule has 2 N–H and O–H groups in total. The van der Waals surface area contributed by atoms with Crippen molar-refractivity contribution >= 4 is 49.4 Å². The Kier molecular flexibility index (Phi) is 5.56. The van der Waals surface area contributed by atoms with Crippen molar-refractivity contribution in [2.45, 2.75) is 0 Å². The number of rotatable bonds is 5. The van der Waals surface area contributed by atoms with Crippen molar-refractivity contribution in [1.29, 1.82) is 0 Å². The van der Waals surface area contributed by atoms with Gasteiger partial charge in [0.1, 0.15) is 0 Å². The second kappa shape index (κ2) is 7.42. The predicted octanol–water partition coefficient (Wildman–Crippen LogP) is 4.28. The van der Waals surface area contributed by atoms with Gasteiger partial charge in [0.2, 0.25) is 0 Å². The van der Waals surface area contributed by atoms with E-state index in [0.29, 0.717) is 25.9 Å². The zero-order valence-electron chi connectivity index (χ0n) is 11.8. The lowest BCUT2D eigenvalue weighted by atomic mass is 10.2. The van der Waals surface area contributed by atoms with Crippen molar-refractivity contribution in [2.24, 2.45) is 5.10 Å². The molecule has 0 saturated heterocycles. The summed E-state index contributed by atoms with van der Waals surface area (Å²) in [7, 11) is 1.45. The van der Waals surface area contributed by atoms with Gasteiger partial charge in [0, 0.05) is 22.2 Å². The number of phenolic OH excluding ortho intramolecular Hbond substituents is 1. The van der Waals surface area contributed by atoms with E-state index in [1.165, 1.54) is 25.5 Å². The van der Waals surface area contributed by atoms with Crippen LogP contribution in [0.15, 0.2) is 44.4 Å². The van der Waals surface area contributed by atoms with E-state index in [1.54, 1.807) is 18.2 Å². The Morgan fingerprint density at radius 2 is 1.96 bits per heavy atom. The zero-order chi connectivity index (χ0) is 17.0. The Labute approximate surface area is 148 Å². The molecule has 0 aliphatic rings. The number of nitro benzene ring substituents is 1. The molecule has 0 radical (unpaired) electrons. The predicted molar refractivity (Wildman–Crippen MR) is 94.4 cm³/mol. The molecule has 0 atom stereocenters. The van der Waals surface area contributed by atoms with Crippen LogP contribution in [0.2, 0.25) is 0 Å². The average molecular weight is 445 g/mol. The Balaban J connectivity index is 2.17. The van der Waals surface area contributed by atoms with Crippen LogP contribution in [-0.4, -0.2) is 23.4 Å². The first kappa shape index (κ1) is 17.2. The topological polar surface area (TPSA) is 97.0 Å². The van der Waals surface area contributed by atoms with Gasteiger partial charge in [-0.15, -0.1) is 0 Å². The first-order valence-electron chi connectivity index (χ1n) is 6.22. The molecule has 2 aromatic rings. The molecule has 0 bridgehead atoms. The standard InChI is InChI=1S/C14H11Br2N3O4/c1-23-11-6-8(12(15)13(16)14(11)20)7-17-18-9-2-4-10(5-3-9)19(21)22/h2-7,18,20H,1H3/b17-7-. The lowest BCUT2D eigenvalue weighted by molar-refractivity contribution is -0.384. The molecule has 0 unspecified atom stereocenters. The van der Waals surface area contributed by atoms with Crippen LogP contribution in [-0.2, 0) is 0 Å². The first-order chi connectivity index (χ1) is 10.9. The second-order valence-electron chi connectivity index (χ2n) is 4.32. The lowest BCUT2D eigenvalue weighted by Gasteiger charge is -2.09. The Bertz CT molecular complexity index is 764. The molecular weight excluding hydrogens is 434 g/mol. The first-order valence-corrected chi connectivity index (χ1v) is 7.81. The number of hydrogen-bond donors (Lipinski definition) is 2. The van der Waals surface area contributed by atoms with Crippen LogP contribution in [0.5, 0.6) is 11.5 Å². The van der Waals surface area contributed by atoms with E-state index in [2.05, 4.69) is 42.4 Å². The summed E-state index contributed by atoms with van der Waals surface area (Å²) in [6.45, 7) is 0. The fourth-order valence-corrected chi connectivity index (χ4v) is 2.52. The summed E-state index contributed by atoms with van der Waals surface area (Å²) in [6, 6.07) is 7.49. The minimum absolute atomic E-state index is 0.00877. The minimum atomic E-state index is -0.468. The van der Waals surface area contributed by atoms with Gasteiger partial charge in [-0.05, 0) is 50.1 Å². The summed E-state index contributed by atoms with van der Waals surface area (Å²) in [5, 5.41) is 24.5. The van der Waals surface area contributed by atoms with Gasteiger partial charge in [-0.25, -0.2) is 0 Å². The highest BCUT2D eigenvalue weighted by Crippen LogP contribution is 2.41. The maximum absolute atomic E-state index is 10.6. The van der Waals surface area contributed by atoms with Gasteiger partial charge in [0.05, 0.1) is 28.4 Å². The maximum atomic E-state index is 10.6. The van der Waals surface area contributed by atoms with Gasteiger partial charge in [0.15, 0.2) is 11.5 Å². The number of aromatic hydroxyl groups is 1. The summed E-state index contributed by atoms with van der Waals surface area (Å²) in [5.41, 5.74) is 4.05. The highest BCUT2D eigenvalue weighted by Gasteiger charge is 2.13. The number of benzene rings is 2. The van der Waals surface area contributed by atoms with E-state index in [9.17, 15) is 15.2 Å². The Morgan fingerprint density at radius 3 is 2.52 bits per heavy atom. The number of hydrazone groups is 1. The van der Waals surface area contributed by atoms with E-state index < -0.39 is 4.92 Å². The third-order valence-electron chi connectivity index (χ3n) is 2.87. The third kappa shape index (κ3) is 3.99. The normalized spacial score (nSPS) is 10.7.